The Kier molecular flexibility index (Phi) is 6.17. The Hall–Kier alpha value is -1.13. The van der Waals surface area contributed by atoms with Gasteiger partial charge in [0.15, 0.2) is 0 Å². The summed E-state index contributed by atoms with van der Waals surface area (Å²) < 4.78 is 42.0. The van der Waals surface area contributed by atoms with E-state index in [4.69, 9.17) is 11.6 Å². The second-order valence-corrected chi connectivity index (χ2v) is 8.25. The average Bonchev–Trinajstić information content (AvgIpc) is 2.60. The molecule has 9 heteroatoms. The lowest BCUT2D eigenvalue weighted by molar-refractivity contribution is 0.146. The molecule has 0 saturated heterocycles. The van der Waals surface area contributed by atoms with Crippen molar-refractivity contribution in [1.82, 2.24) is 9.97 Å². The first-order chi connectivity index (χ1) is 12.7. The Balaban J connectivity index is 2.08. The van der Waals surface area contributed by atoms with Crippen molar-refractivity contribution in [2.75, 3.05) is 5.32 Å². The number of nitrogens with one attached hydrogen (secondary N) is 1. The minimum absolute atomic E-state index is 0.134. The number of aryl methyl sites for hydroxylation is 1. The van der Waals surface area contributed by atoms with Crippen molar-refractivity contribution in [2.45, 2.75) is 26.3 Å². The molecule has 0 saturated carbocycles. The van der Waals surface area contributed by atoms with E-state index in [1.54, 1.807) is 13.8 Å². The summed E-state index contributed by atoms with van der Waals surface area (Å²) >= 11 is 12.0. The lowest BCUT2D eigenvalue weighted by Gasteiger charge is -2.19. The molecule has 0 aliphatic rings. The highest BCUT2D eigenvalue weighted by Gasteiger charge is 2.21. The highest BCUT2D eigenvalue weighted by Crippen LogP contribution is 2.37. The van der Waals surface area contributed by atoms with Gasteiger partial charge in [-0.3, -0.25) is 0 Å². The van der Waals surface area contributed by atoms with E-state index < -0.39 is 23.8 Å². The molecule has 0 bridgehead atoms. The molecule has 0 fully saturated rings. The summed E-state index contributed by atoms with van der Waals surface area (Å²) in [6.07, 6.45) is -2.88. The van der Waals surface area contributed by atoms with Crippen LogP contribution in [0.15, 0.2) is 28.7 Å². The topological polar surface area (TPSA) is 37.8 Å². The summed E-state index contributed by atoms with van der Waals surface area (Å²) in [6, 6.07) is 5.23. The zero-order valence-electron chi connectivity index (χ0n) is 14.1. The third-order valence-corrected chi connectivity index (χ3v) is 7.06. The fraction of sp³-hybridized carbons (Fsp3) is 0.222. The molecule has 0 amide bonds. The minimum Gasteiger partial charge on any atom is -0.363 e. The average molecular weight is 571 g/mol. The van der Waals surface area contributed by atoms with Crippen LogP contribution in [0.3, 0.4) is 0 Å². The van der Waals surface area contributed by atoms with Crippen LogP contribution >= 0.6 is 50.1 Å². The van der Waals surface area contributed by atoms with Crippen LogP contribution in [-0.2, 0) is 0 Å². The lowest BCUT2D eigenvalue weighted by Crippen LogP contribution is -2.12. The van der Waals surface area contributed by atoms with Crippen LogP contribution in [0.2, 0.25) is 5.02 Å². The summed E-state index contributed by atoms with van der Waals surface area (Å²) in [5.74, 6) is 0.0196. The van der Waals surface area contributed by atoms with Gasteiger partial charge in [-0.15, -0.1) is 0 Å². The van der Waals surface area contributed by atoms with Crippen LogP contribution < -0.4 is 5.32 Å². The van der Waals surface area contributed by atoms with E-state index in [0.717, 1.165) is 14.1 Å². The number of hydrogen-bond acceptors (Lipinski definition) is 3. The Bertz CT molecular complexity index is 1030. The number of halogens is 6. The van der Waals surface area contributed by atoms with Crippen molar-refractivity contribution < 1.29 is 13.2 Å². The van der Waals surface area contributed by atoms with Gasteiger partial charge in [0, 0.05) is 14.5 Å². The maximum atomic E-state index is 14.5. The van der Waals surface area contributed by atoms with E-state index in [0.29, 0.717) is 27.6 Å². The number of aromatic nitrogens is 2. The number of rotatable bonds is 4. The molecule has 0 aliphatic heterocycles. The maximum absolute atomic E-state index is 14.5. The first-order valence-electron chi connectivity index (χ1n) is 7.85. The number of benzene rings is 2. The second kappa shape index (κ2) is 8.08. The minimum atomic E-state index is -2.88. The number of fused-ring (bicyclic) bond motifs is 1. The molecule has 3 rings (SSSR count). The molecule has 1 N–H and O–H groups in total. The van der Waals surface area contributed by atoms with Gasteiger partial charge in [-0.1, -0.05) is 29.8 Å². The van der Waals surface area contributed by atoms with Crippen molar-refractivity contribution in [3.63, 3.8) is 0 Å². The highest BCUT2D eigenvalue weighted by molar-refractivity contribution is 14.1. The Morgan fingerprint density at radius 1 is 1.22 bits per heavy atom. The van der Waals surface area contributed by atoms with E-state index in [9.17, 15) is 13.2 Å². The molecular weight excluding hydrogens is 557 g/mol. The number of anilines is 1. The van der Waals surface area contributed by atoms with Gasteiger partial charge in [0.05, 0.1) is 26.6 Å². The van der Waals surface area contributed by atoms with Crippen LogP contribution in [0.1, 0.15) is 36.3 Å². The van der Waals surface area contributed by atoms with Crippen LogP contribution in [-0.4, -0.2) is 9.97 Å². The largest absolute Gasteiger partial charge is 0.363 e. The van der Waals surface area contributed by atoms with Gasteiger partial charge in [0.25, 0.3) is 6.43 Å². The standard InChI is InChI=1S/C18H13BrClF3IN3/c1-7(9-4-3-5-10(15(9)21)17(22)23)25-18-11-6-12(24)13(19)14(20)16(11)26-8(2)27-18/h3-7,17H,1-2H3,(H,25,26,27)/t7-/m1/s1. The maximum Gasteiger partial charge on any atom is 0.266 e. The fourth-order valence-electron chi connectivity index (χ4n) is 2.75. The Morgan fingerprint density at radius 3 is 2.56 bits per heavy atom. The van der Waals surface area contributed by atoms with Crippen molar-refractivity contribution in [3.05, 3.63) is 60.1 Å². The summed E-state index contributed by atoms with van der Waals surface area (Å²) in [4.78, 5) is 8.78. The lowest BCUT2D eigenvalue weighted by atomic mass is 10.0. The SMILES string of the molecule is Cc1nc(N[C@H](C)c2cccc(C(F)F)c2F)c2cc(I)c(Br)c(Cl)c2n1. The summed E-state index contributed by atoms with van der Waals surface area (Å²) in [5, 5.41) is 4.22. The van der Waals surface area contributed by atoms with Gasteiger partial charge in [0.2, 0.25) is 0 Å². The van der Waals surface area contributed by atoms with Crippen molar-refractivity contribution in [2.24, 2.45) is 0 Å². The molecule has 1 atom stereocenters. The van der Waals surface area contributed by atoms with Crippen LogP contribution in [0.5, 0.6) is 0 Å². The van der Waals surface area contributed by atoms with Crippen molar-refractivity contribution in [3.8, 4) is 0 Å². The van der Waals surface area contributed by atoms with Crippen LogP contribution in [0, 0.1) is 16.3 Å². The molecule has 0 aliphatic carbocycles. The van der Waals surface area contributed by atoms with E-state index in [2.05, 4.69) is 53.8 Å². The van der Waals surface area contributed by atoms with Gasteiger partial charge >= 0.3 is 0 Å². The molecule has 1 heterocycles. The fourth-order valence-corrected chi connectivity index (χ4v) is 4.04. The summed E-state index contributed by atoms with van der Waals surface area (Å²) in [6.45, 7) is 3.40. The third kappa shape index (κ3) is 4.02. The van der Waals surface area contributed by atoms with Crippen LogP contribution in [0.25, 0.3) is 10.9 Å². The van der Waals surface area contributed by atoms with Gasteiger partial charge in [0.1, 0.15) is 17.5 Å². The zero-order valence-corrected chi connectivity index (χ0v) is 18.6. The van der Waals surface area contributed by atoms with Gasteiger partial charge in [-0.25, -0.2) is 23.1 Å². The number of hydrogen-bond donors (Lipinski definition) is 1. The molecule has 2 aromatic carbocycles. The summed E-state index contributed by atoms with van der Waals surface area (Å²) in [7, 11) is 0. The Labute approximate surface area is 181 Å². The highest BCUT2D eigenvalue weighted by atomic mass is 127. The summed E-state index contributed by atoms with van der Waals surface area (Å²) in [5.41, 5.74) is 0.0643. The number of alkyl halides is 2. The van der Waals surface area contributed by atoms with Crippen molar-refractivity contribution >= 4 is 66.8 Å². The molecular formula is C18H13BrClF3IN3. The first-order valence-corrected chi connectivity index (χ1v) is 10.1. The molecule has 0 spiro atoms. The van der Waals surface area contributed by atoms with E-state index in [1.165, 1.54) is 12.1 Å². The molecule has 3 nitrogen and oxygen atoms in total. The van der Waals surface area contributed by atoms with E-state index >= 15 is 0 Å². The zero-order chi connectivity index (χ0) is 19.9. The van der Waals surface area contributed by atoms with Gasteiger partial charge in [-0.2, -0.15) is 0 Å². The molecule has 0 radical (unpaired) electrons. The van der Waals surface area contributed by atoms with E-state index in [1.807, 2.05) is 6.07 Å². The third-order valence-electron chi connectivity index (χ3n) is 4.05. The van der Waals surface area contributed by atoms with E-state index in [-0.39, 0.29) is 5.56 Å². The normalized spacial score (nSPS) is 12.6. The molecule has 142 valence electrons. The monoisotopic (exact) mass is 569 g/mol. The smallest absolute Gasteiger partial charge is 0.266 e. The molecule has 0 unspecified atom stereocenters. The van der Waals surface area contributed by atoms with Gasteiger partial charge < -0.3 is 5.32 Å². The quantitative estimate of drug-likeness (QED) is 0.266. The predicted molar refractivity (Wildman–Crippen MR) is 113 cm³/mol. The molecule has 3 aromatic rings. The molecule has 1 aromatic heterocycles. The second-order valence-electron chi connectivity index (χ2n) is 5.92. The van der Waals surface area contributed by atoms with Gasteiger partial charge in [-0.05, 0) is 58.4 Å². The van der Waals surface area contributed by atoms with Crippen LogP contribution in [0.4, 0.5) is 19.0 Å². The van der Waals surface area contributed by atoms with Crippen molar-refractivity contribution in [1.29, 1.82) is 0 Å². The first kappa shape index (κ1) is 20.6. The number of nitrogens with zero attached hydrogens (tertiary/aromatic N) is 2. The Morgan fingerprint density at radius 2 is 1.89 bits per heavy atom. The predicted octanol–water partition coefficient (Wildman–Crippen LogP) is 7.21. The molecule has 27 heavy (non-hydrogen) atoms.